The Hall–Kier alpha value is -2.42. The van der Waals surface area contributed by atoms with Crippen LogP contribution in [0, 0.1) is 29.5 Å². The van der Waals surface area contributed by atoms with Gasteiger partial charge in [-0.2, -0.15) is 9.98 Å². The predicted octanol–water partition coefficient (Wildman–Crippen LogP) is 0.452. The number of aliphatic carboxylic acids is 1. The molecule has 0 aliphatic rings. The molecule has 1 atom stereocenters. The third kappa shape index (κ3) is 3.32. The lowest BCUT2D eigenvalue weighted by molar-refractivity contribution is -0.138. The Morgan fingerprint density at radius 3 is 2.70 bits per heavy atom. The van der Waals surface area contributed by atoms with Gasteiger partial charge < -0.3 is 5.11 Å². The van der Waals surface area contributed by atoms with Gasteiger partial charge in [-0.3, -0.25) is 4.79 Å². The highest BCUT2D eigenvalue weighted by atomic mass is 32.2. The molecule has 0 aromatic heterocycles. The quantitative estimate of drug-likeness (QED) is 0.767. The van der Waals surface area contributed by atoms with Crippen molar-refractivity contribution in [1.82, 2.24) is 4.72 Å². The van der Waals surface area contributed by atoms with E-state index in [0.29, 0.717) is 0 Å². The molecule has 0 bridgehead atoms. The molecular weight excluding hydrogens is 287 g/mol. The summed E-state index contributed by atoms with van der Waals surface area (Å²) >= 11 is 0. The number of sulfonamides is 1. The van der Waals surface area contributed by atoms with Crippen LogP contribution in [0.3, 0.4) is 0 Å². The number of nitrogens with one attached hydrogen (secondary N) is 1. The zero-order valence-electron chi connectivity index (χ0n) is 10.00. The minimum atomic E-state index is -4.38. The van der Waals surface area contributed by atoms with Crippen molar-refractivity contribution in [3.8, 4) is 18.4 Å². The number of terminal acetylenes is 1. The SMILES string of the molecule is C#CCC(NS(=O)(=O)c1cccc(F)c1C#N)C(=O)O. The van der Waals surface area contributed by atoms with E-state index in [2.05, 4.69) is 0 Å². The number of benzene rings is 1. The molecule has 0 radical (unpaired) electrons. The molecule has 8 heteroatoms. The van der Waals surface area contributed by atoms with E-state index in [0.717, 1.165) is 18.2 Å². The van der Waals surface area contributed by atoms with Crippen molar-refractivity contribution >= 4 is 16.0 Å². The van der Waals surface area contributed by atoms with Crippen molar-refractivity contribution in [3.63, 3.8) is 0 Å². The fourth-order valence-electron chi connectivity index (χ4n) is 1.38. The Bertz CT molecular complexity index is 716. The normalized spacial score (nSPS) is 12.2. The number of nitriles is 1. The number of carbonyl (C=O) groups is 1. The van der Waals surface area contributed by atoms with Crippen LogP contribution in [0.1, 0.15) is 12.0 Å². The van der Waals surface area contributed by atoms with E-state index < -0.39 is 38.3 Å². The van der Waals surface area contributed by atoms with Crippen LogP contribution < -0.4 is 4.72 Å². The molecule has 1 unspecified atom stereocenters. The third-order valence-electron chi connectivity index (χ3n) is 2.29. The summed E-state index contributed by atoms with van der Waals surface area (Å²) in [6.45, 7) is 0. The van der Waals surface area contributed by atoms with Gasteiger partial charge in [0.25, 0.3) is 0 Å². The van der Waals surface area contributed by atoms with E-state index in [1.807, 2.05) is 10.6 Å². The summed E-state index contributed by atoms with van der Waals surface area (Å²) < 4.78 is 39.2. The second-order valence-electron chi connectivity index (χ2n) is 3.65. The van der Waals surface area contributed by atoms with E-state index in [4.69, 9.17) is 16.8 Å². The lowest BCUT2D eigenvalue weighted by Crippen LogP contribution is -2.40. The molecular formula is C12H9FN2O4S. The molecule has 0 heterocycles. The highest BCUT2D eigenvalue weighted by Gasteiger charge is 2.27. The summed E-state index contributed by atoms with van der Waals surface area (Å²) in [4.78, 5) is 10.2. The summed E-state index contributed by atoms with van der Waals surface area (Å²) in [5.74, 6) is -0.469. The van der Waals surface area contributed by atoms with Gasteiger partial charge in [-0.1, -0.05) is 6.07 Å². The monoisotopic (exact) mass is 296 g/mol. The first-order valence-electron chi connectivity index (χ1n) is 5.20. The number of carboxylic acid groups (broad SMARTS) is 1. The van der Waals surface area contributed by atoms with Gasteiger partial charge in [0, 0.05) is 6.42 Å². The van der Waals surface area contributed by atoms with Gasteiger partial charge in [-0.25, -0.2) is 12.8 Å². The zero-order valence-corrected chi connectivity index (χ0v) is 10.8. The average Bonchev–Trinajstić information content (AvgIpc) is 2.37. The summed E-state index contributed by atoms with van der Waals surface area (Å²) in [5.41, 5.74) is -0.690. The molecule has 1 aromatic rings. The highest BCUT2D eigenvalue weighted by molar-refractivity contribution is 7.89. The maximum atomic E-state index is 13.4. The van der Waals surface area contributed by atoms with Crippen molar-refractivity contribution in [2.45, 2.75) is 17.4 Å². The highest BCUT2D eigenvalue weighted by Crippen LogP contribution is 2.18. The van der Waals surface area contributed by atoms with Crippen molar-refractivity contribution in [2.75, 3.05) is 0 Å². The van der Waals surface area contributed by atoms with Gasteiger partial charge in [-0.05, 0) is 12.1 Å². The minimum Gasteiger partial charge on any atom is -0.480 e. The Balaban J connectivity index is 3.26. The first-order valence-corrected chi connectivity index (χ1v) is 6.69. The number of nitrogens with zero attached hydrogens (tertiary/aromatic N) is 1. The number of hydrogen-bond acceptors (Lipinski definition) is 4. The fourth-order valence-corrected chi connectivity index (χ4v) is 2.74. The van der Waals surface area contributed by atoms with Crippen molar-refractivity contribution in [2.24, 2.45) is 0 Å². The lowest BCUT2D eigenvalue weighted by Gasteiger charge is -2.13. The van der Waals surface area contributed by atoms with Crippen LogP contribution >= 0.6 is 0 Å². The first kappa shape index (κ1) is 15.6. The third-order valence-corrected chi connectivity index (χ3v) is 3.81. The molecule has 104 valence electrons. The van der Waals surface area contributed by atoms with E-state index in [1.165, 1.54) is 6.07 Å². The standard InChI is InChI=1S/C12H9FN2O4S/c1-2-4-10(12(16)17)15-20(18,19)11-6-3-5-9(13)8(11)7-14/h1,3,5-6,10,15H,4H2,(H,16,17). The van der Waals surface area contributed by atoms with Crippen LogP contribution in [0.25, 0.3) is 0 Å². The second-order valence-corrected chi connectivity index (χ2v) is 5.33. The van der Waals surface area contributed by atoms with Crippen LogP contribution in [-0.4, -0.2) is 25.5 Å². The maximum absolute atomic E-state index is 13.4. The number of hydrogen-bond donors (Lipinski definition) is 2. The average molecular weight is 296 g/mol. The topological polar surface area (TPSA) is 107 Å². The van der Waals surface area contributed by atoms with E-state index in [1.54, 1.807) is 0 Å². The number of rotatable bonds is 5. The molecule has 0 saturated carbocycles. The van der Waals surface area contributed by atoms with Crippen LogP contribution in [0.15, 0.2) is 23.1 Å². The lowest BCUT2D eigenvalue weighted by atomic mass is 10.2. The molecule has 0 amide bonds. The van der Waals surface area contributed by atoms with Crippen molar-refractivity contribution < 1.29 is 22.7 Å². The second kappa shape index (κ2) is 6.15. The van der Waals surface area contributed by atoms with Gasteiger partial charge in [-0.15, -0.1) is 12.3 Å². The summed E-state index contributed by atoms with van der Waals surface area (Å²) in [6.07, 6.45) is 4.56. The Morgan fingerprint density at radius 1 is 1.55 bits per heavy atom. The Labute approximate surface area is 114 Å². The molecule has 20 heavy (non-hydrogen) atoms. The largest absolute Gasteiger partial charge is 0.480 e. The Morgan fingerprint density at radius 2 is 2.20 bits per heavy atom. The summed E-state index contributed by atoms with van der Waals surface area (Å²) in [7, 11) is -4.38. The molecule has 1 aromatic carbocycles. The van der Waals surface area contributed by atoms with Crippen LogP contribution in [0.2, 0.25) is 0 Å². The van der Waals surface area contributed by atoms with E-state index in [-0.39, 0.29) is 6.42 Å². The van der Waals surface area contributed by atoms with Crippen LogP contribution in [-0.2, 0) is 14.8 Å². The molecule has 6 nitrogen and oxygen atoms in total. The summed E-state index contributed by atoms with van der Waals surface area (Å²) in [6, 6.07) is 2.89. The molecule has 1 rings (SSSR count). The number of halogens is 1. The first-order chi connectivity index (χ1) is 9.33. The molecule has 0 aliphatic carbocycles. The fraction of sp³-hybridized carbons (Fsp3) is 0.167. The predicted molar refractivity (Wildman–Crippen MR) is 66.3 cm³/mol. The minimum absolute atomic E-state index is 0.383. The van der Waals surface area contributed by atoms with Gasteiger partial charge >= 0.3 is 5.97 Å². The zero-order chi connectivity index (χ0) is 15.3. The van der Waals surface area contributed by atoms with Crippen molar-refractivity contribution in [3.05, 3.63) is 29.6 Å². The van der Waals surface area contributed by atoms with E-state index in [9.17, 15) is 17.6 Å². The molecule has 0 spiro atoms. The molecule has 2 N–H and O–H groups in total. The molecule has 0 saturated heterocycles. The number of carboxylic acids is 1. The molecule has 0 aliphatic heterocycles. The van der Waals surface area contributed by atoms with Crippen LogP contribution in [0.4, 0.5) is 4.39 Å². The van der Waals surface area contributed by atoms with Crippen LogP contribution in [0.5, 0.6) is 0 Å². The maximum Gasteiger partial charge on any atom is 0.322 e. The smallest absolute Gasteiger partial charge is 0.322 e. The summed E-state index contributed by atoms with van der Waals surface area (Å²) in [5, 5.41) is 17.6. The Kier molecular flexibility index (Phi) is 4.81. The van der Waals surface area contributed by atoms with Gasteiger partial charge in [0.05, 0.1) is 0 Å². The van der Waals surface area contributed by atoms with Gasteiger partial charge in [0.2, 0.25) is 10.0 Å². The molecule has 0 fully saturated rings. The van der Waals surface area contributed by atoms with Gasteiger partial charge in [0.15, 0.2) is 0 Å². The van der Waals surface area contributed by atoms with Crippen molar-refractivity contribution in [1.29, 1.82) is 5.26 Å². The van der Waals surface area contributed by atoms with Gasteiger partial charge in [0.1, 0.15) is 28.4 Å². The van der Waals surface area contributed by atoms with E-state index >= 15 is 0 Å².